The van der Waals surface area contributed by atoms with E-state index >= 15 is 0 Å². The summed E-state index contributed by atoms with van der Waals surface area (Å²) in [5, 5.41) is 12.4. The molecule has 130 valence electrons. The maximum Gasteiger partial charge on any atom is 0.194 e. The molecule has 0 saturated heterocycles. The highest BCUT2D eigenvalue weighted by atomic mass is 32.1. The zero-order chi connectivity index (χ0) is 17.9. The predicted molar refractivity (Wildman–Crippen MR) is 109 cm³/mol. The molecule has 3 aromatic rings. The first-order valence-electron chi connectivity index (χ1n) is 8.23. The van der Waals surface area contributed by atoms with Crippen LogP contribution in [0, 0.1) is 5.82 Å². The van der Waals surface area contributed by atoms with E-state index < -0.39 is 0 Å². The van der Waals surface area contributed by atoms with E-state index in [1.54, 1.807) is 23.5 Å². The lowest BCUT2D eigenvalue weighted by molar-refractivity contribution is 0.375. The highest BCUT2D eigenvalue weighted by Gasteiger charge is 2.31. The summed E-state index contributed by atoms with van der Waals surface area (Å²) in [6.07, 6.45) is 0.725. The van der Waals surface area contributed by atoms with Gasteiger partial charge in [0, 0.05) is 12.1 Å². The van der Waals surface area contributed by atoms with Crippen LogP contribution in [0.5, 0.6) is 0 Å². The molecule has 0 fully saturated rings. The standard InChI is InChI=1S/C20H16FN3S2/c21-15-10-8-14(9-11-15)18-13-17(19-7-4-12-26-19)23-24(18)20(25)22-16-5-2-1-3-6-16/h1-12,18H,13H2,(H,22,25)/t18-/m1/s1. The average molecular weight is 382 g/mol. The Hall–Kier alpha value is -2.57. The predicted octanol–water partition coefficient (Wildman–Crippen LogP) is 5.44. The van der Waals surface area contributed by atoms with Gasteiger partial charge < -0.3 is 5.32 Å². The number of thiophene rings is 1. The largest absolute Gasteiger partial charge is 0.331 e. The minimum absolute atomic E-state index is 0.0589. The van der Waals surface area contributed by atoms with Gasteiger partial charge in [0.1, 0.15) is 5.82 Å². The summed E-state index contributed by atoms with van der Waals surface area (Å²) in [5.41, 5.74) is 2.89. The van der Waals surface area contributed by atoms with E-state index in [0.29, 0.717) is 5.11 Å². The molecule has 1 aliphatic heterocycles. The Morgan fingerprint density at radius 3 is 2.54 bits per heavy atom. The van der Waals surface area contributed by atoms with E-state index in [1.165, 1.54) is 12.1 Å². The molecule has 1 N–H and O–H groups in total. The van der Waals surface area contributed by atoms with Crippen LogP contribution in [0.4, 0.5) is 10.1 Å². The van der Waals surface area contributed by atoms with Crippen LogP contribution in [-0.2, 0) is 0 Å². The van der Waals surface area contributed by atoms with E-state index in [2.05, 4.69) is 11.4 Å². The summed E-state index contributed by atoms with van der Waals surface area (Å²) in [4.78, 5) is 1.13. The third-order valence-corrected chi connectivity index (χ3v) is 5.41. The van der Waals surface area contributed by atoms with E-state index in [4.69, 9.17) is 17.3 Å². The fourth-order valence-electron chi connectivity index (χ4n) is 2.94. The van der Waals surface area contributed by atoms with E-state index in [9.17, 15) is 4.39 Å². The van der Waals surface area contributed by atoms with Crippen LogP contribution in [0.3, 0.4) is 0 Å². The minimum atomic E-state index is -0.248. The van der Waals surface area contributed by atoms with Crippen LogP contribution in [0.15, 0.2) is 77.2 Å². The highest BCUT2D eigenvalue weighted by molar-refractivity contribution is 7.80. The van der Waals surface area contributed by atoms with Gasteiger partial charge in [-0.3, -0.25) is 0 Å². The van der Waals surface area contributed by atoms with Gasteiger partial charge in [-0.15, -0.1) is 11.3 Å². The number of nitrogens with zero attached hydrogens (tertiary/aromatic N) is 2. The summed E-state index contributed by atoms with van der Waals surface area (Å²) in [5.74, 6) is -0.248. The smallest absolute Gasteiger partial charge is 0.194 e. The number of benzene rings is 2. The van der Waals surface area contributed by atoms with Gasteiger partial charge in [-0.1, -0.05) is 36.4 Å². The van der Waals surface area contributed by atoms with Crippen molar-refractivity contribution < 1.29 is 4.39 Å². The van der Waals surface area contributed by atoms with E-state index in [0.717, 1.165) is 28.3 Å². The Balaban J connectivity index is 1.64. The van der Waals surface area contributed by atoms with Crippen LogP contribution in [0.2, 0.25) is 0 Å². The van der Waals surface area contributed by atoms with Gasteiger partial charge in [0.2, 0.25) is 0 Å². The van der Waals surface area contributed by atoms with Gasteiger partial charge in [0.25, 0.3) is 0 Å². The molecule has 0 spiro atoms. The van der Waals surface area contributed by atoms with Gasteiger partial charge in [-0.2, -0.15) is 5.10 Å². The van der Waals surface area contributed by atoms with Crippen molar-refractivity contribution in [1.29, 1.82) is 0 Å². The van der Waals surface area contributed by atoms with Crippen molar-refractivity contribution in [3.63, 3.8) is 0 Å². The molecule has 1 atom stereocenters. The Kier molecular flexibility index (Phi) is 4.77. The maximum atomic E-state index is 13.3. The topological polar surface area (TPSA) is 27.6 Å². The van der Waals surface area contributed by atoms with Crippen molar-refractivity contribution in [1.82, 2.24) is 5.01 Å². The number of nitrogens with one attached hydrogen (secondary N) is 1. The quantitative estimate of drug-likeness (QED) is 0.613. The van der Waals surface area contributed by atoms with Crippen LogP contribution in [-0.4, -0.2) is 15.8 Å². The number of thiocarbonyl (C=S) groups is 1. The Morgan fingerprint density at radius 1 is 1.08 bits per heavy atom. The summed E-state index contributed by atoms with van der Waals surface area (Å²) in [6, 6.07) is 20.3. The molecule has 0 saturated carbocycles. The first kappa shape index (κ1) is 16.9. The van der Waals surface area contributed by atoms with E-state index in [-0.39, 0.29) is 11.9 Å². The summed E-state index contributed by atoms with van der Waals surface area (Å²) < 4.78 is 13.3. The zero-order valence-corrected chi connectivity index (χ0v) is 15.4. The lowest BCUT2D eigenvalue weighted by atomic mass is 10.0. The van der Waals surface area contributed by atoms with Crippen molar-refractivity contribution >= 4 is 40.1 Å². The first-order valence-corrected chi connectivity index (χ1v) is 9.51. The summed E-state index contributed by atoms with van der Waals surface area (Å²) in [7, 11) is 0. The lowest BCUT2D eigenvalue weighted by Gasteiger charge is -2.24. The molecule has 1 aromatic heterocycles. The lowest BCUT2D eigenvalue weighted by Crippen LogP contribution is -2.31. The average Bonchev–Trinajstić information content (AvgIpc) is 3.33. The molecule has 0 unspecified atom stereocenters. The van der Waals surface area contributed by atoms with Gasteiger partial charge in [0.15, 0.2) is 5.11 Å². The fraction of sp³-hybridized carbons (Fsp3) is 0.100. The summed E-state index contributed by atoms with van der Waals surface area (Å²) >= 11 is 7.27. The minimum Gasteiger partial charge on any atom is -0.331 e. The van der Waals surface area contributed by atoms with Gasteiger partial charge >= 0.3 is 0 Å². The van der Waals surface area contributed by atoms with Gasteiger partial charge in [-0.25, -0.2) is 9.40 Å². The molecular weight excluding hydrogens is 365 g/mol. The van der Waals surface area contributed by atoms with Crippen LogP contribution in [0.1, 0.15) is 22.9 Å². The molecule has 3 nitrogen and oxygen atoms in total. The third-order valence-electron chi connectivity index (χ3n) is 4.20. The van der Waals surface area contributed by atoms with Gasteiger partial charge in [0.05, 0.1) is 16.6 Å². The number of halogens is 1. The van der Waals surface area contributed by atoms with E-state index in [1.807, 2.05) is 46.8 Å². The van der Waals surface area contributed by atoms with Crippen molar-refractivity contribution in [3.05, 3.63) is 88.4 Å². The fourth-order valence-corrected chi connectivity index (χ4v) is 3.94. The molecule has 0 radical (unpaired) electrons. The highest BCUT2D eigenvalue weighted by Crippen LogP contribution is 2.34. The first-order chi connectivity index (χ1) is 12.7. The Morgan fingerprint density at radius 2 is 1.85 bits per heavy atom. The van der Waals surface area contributed by atoms with Crippen LogP contribution in [0.25, 0.3) is 0 Å². The second-order valence-electron chi connectivity index (χ2n) is 5.94. The van der Waals surface area contributed by atoms with Crippen molar-refractivity contribution in [2.24, 2.45) is 5.10 Å². The molecule has 0 amide bonds. The SMILES string of the molecule is Fc1ccc([C@H]2CC(c3cccs3)=NN2C(=S)Nc2ccccc2)cc1. The Bertz CT molecular complexity index is 921. The van der Waals surface area contributed by atoms with Crippen molar-refractivity contribution in [3.8, 4) is 0 Å². The van der Waals surface area contributed by atoms with Crippen LogP contribution >= 0.6 is 23.6 Å². The number of hydrogen-bond donors (Lipinski definition) is 1. The number of rotatable bonds is 3. The normalized spacial score (nSPS) is 16.4. The van der Waals surface area contributed by atoms with Crippen LogP contribution < -0.4 is 5.32 Å². The molecule has 0 aliphatic carbocycles. The monoisotopic (exact) mass is 381 g/mol. The molecule has 6 heteroatoms. The Labute approximate surface area is 160 Å². The van der Waals surface area contributed by atoms with Crippen molar-refractivity contribution in [2.75, 3.05) is 5.32 Å². The molecule has 2 aromatic carbocycles. The number of hydrazone groups is 1. The van der Waals surface area contributed by atoms with Gasteiger partial charge in [-0.05, 0) is 53.5 Å². The second-order valence-corrected chi connectivity index (χ2v) is 7.27. The molecule has 4 rings (SSSR count). The second kappa shape index (κ2) is 7.35. The van der Waals surface area contributed by atoms with Crippen molar-refractivity contribution in [2.45, 2.75) is 12.5 Å². The zero-order valence-electron chi connectivity index (χ0n) is 13.8. The number of para-hydroxylation sites is 1. The molecule has 1 aliphatic rings. The third kappa shape index (κ3) is 3.52. The maximum absolute atomic E-state index is 13.3. The summed E-state index contributed by atoms with van der Waals surface area (Å²) in [6.45, 7) is 0. The number of anilines is 1. The molecular formula is C20H16FN3S2. The molecule has 26 heavy (non-hydrogen) atoms. The molecule has 0 bridgehead atoms. The molecule has 2 heterocycles. The number of hydrogen-bond acceptors (Lipinski definition) is 3.